The summed E-state index contributed by atoms with van der Waals surface area (Å²) in [5.74, 6) is -0.552. The summed E-state index contributed by atoms with van der Waals surface area (Å²) in [7, 11) is 0. The molecule has 0 bridgehead atoms. The second kappa shape index (κ2) is 26.9. The molecule has 0 aliphatic carbocycles. The molecule has 1 aromatic carbocycles. The van der Waals surface area contributed by atoms with Crippen molar-refractivity contribution in [2.24, 2.45) is 9.98 Å². The quantitative estimate of drug-likeness (QED) is 0.0588. The summed E-state index contributed by atoms with van der Waals surface area (Å²) in [6, 6.07) is 6.95. The lowest BCUT2D eigenvalue weighted by atomic mass is 10.1. The SMILES string of the molecule is CC(C)(C)OC(=O)N=C(N(CCCCCCCCN=C(NC(=O)OC(C)(C)C)NC(=O)OC(C)(C)C)C(=O)OC(C)(C)C)N(CCCc1ccc(C(=N)NC(=O)OC(C)(C)C)cc1)C(=O)OC(C)(C)C. The first-order valence-electron chi connectivity index (χ1n) is 23.9. The third-order valence-electron chi connectivity index (χ3n) is 8.31. The van der Waals surface area contributed by atoms with E-state index in [1.165, 1.54) is 4.90 Å². The second-order valence-corrected chi connectivity index (χ2v) is 22.6. The van der Waals surface area contributed by atoms with E-state index in [1.54, 1.807) is 149 Å². The summed E-state index contributed by atoms with van der Waals surface area (Å²) < 4.78 is 33.1. The van der Waals surface area contributed by atoms with Crippen molar-refractivity contribution in [3.8, 4) is 0 Å². The van der Waals surface area contributed by atoms with Crippen molar-refractivity contribution < 1.29 is 57.2 Å². The number of rotatable bonds is 14. The van der Waals surface area contributed by atoms with E-state index >= 15 is 0 Å². The van der Waals surface area contributed by atoms with E-state index < -0.39 is 70.2 Å². The molecule has 70 heavy (non-hydrogen) atoms. The van der Waals surface area contributed by atoms with E-state index in [4.69, 9.17) is 33.8 Å². The first kappa shape index (κ1) is 62.1. The fourth-order valence-electron chi connectivity index (χ4n) is 5.76. The van der Waals surface area contributed by atoms with Crippen LogP contribution in [-0.2, 0) is 34.8 Å². The lowest BCUT2D eigenvalue weighted by Crippen LogP contribution is -2.53. The molecule has 6 amide bonds. The van der Waals surface area contributed by atoms with Crippen molar-refractivity contribution in [3.63, 3.8) is 0 Å². The number of aryl methyl sites for hydroxylation is 1. The number of carbonyl (C=O) groups excluding carboxylic acids is 6. The third kappa shape index (κ3) is 29.8. The van der Waals surface area contributed by atoms with Gasteiger partial charge < -0.3 is 28.4 Å². The van der Waals surface area contributed by atoms with E-state index in [-0.39, 0.29) is 37.4 Å². The number of aliphatic imine (C=N–C) groups is 2. The van der Waals surface area contributed by atoms with Crippen LogP contribution in [0.2, 0.25) is 0 Å². The molecule has 0 unspecified atom stereocenters. The molecule has 1 rings (SSSR count). The highest BCUT2D eigenvalue weighted by Crippen LogP contribution is 2.20. The number of amidine groups is 1. The van der Waals surface area contributed by atoms with Gasteiger partial charge >= 0.3 is 36.6 Å². The van der Waals surface area contributed by atoms with Crippen LogP contribution in [-0.4, -0.2) is 117 Å². The van der Waals surface area contributed by atoms with Crippen LogP contribution >= 0.6 is 0 Å². The molecular weight excluding hydrogens is 905 g/mol. The number of ether oxygens (including phenoxy) is 6. The molecule has 4 N–H and O–H groups in total. The molecule has 0 aromatic heterocycles. The van der Waals surface area contributed by atoms with Gasteiger partial charge in [-0.15, -0.1) is 4.99 Å². The van der Waals surface area contributed by atoms with Gasteiger partial charge in [-0.1, -0.05) is 49.9 Å². The molecule has 0 spiro atoms. The van der Waals surface area contributed by atoms with Crippen molar-refractivity contribution in [1.29, 1.82) is 5.41 Å². The Kier molecular flexibility index (Phi) is 23.8. The molecular formula is C50H84N8O12. The molecule has 1 aromatic rings. The number of alkyl carbamates (subject to hydrolysis) is 3. The van der Waals surface area contributed by atoms with Gasteiger partial charge in [-0.25, -0.2) is 38.6 Å². The van der Waals surface area contributed by atoms with Gasteiger partial charge in [0.25, 0.3) is 0 Å². The zero-order chi connectivity index (χ0) is 53.9. The van der Waals surface area contributed by atoms with Crippen molar-refractivity contribution in [2.75, 3.05) is 19.6 Å². The van der Waals surface area contributed by atoms with Crippen LogP contribution in [0.5, 0.6) is 0 Å². The molecule has 20 nitrogen and oxygen atoms in total. The number of unbranched alkanes of at least 4 members (excludes halogenated alkanes) is 5. The smallest absolute Gasteiger partial charge is 0.437 e. The minimum atomic E-state index is -1.03. The summed E-state index contributed by atoms with van der Waals surface area (Å²) >= 11 is 0. The zero-order valence-electron chi connectivity index (χ0n) is 45.3. The number of nitrogens with zero attached hydrogens (tertiary/aromatic N) is 4. The number of hydrogen-bond acceptors (Lipinski definition) is 14. The summed E-state index contributed by atoms with van der Waals surface area (Å²) in [5, 5.41) is 15.7. The van der Waals surface area contributed by atoms with Crippen LogP contribution in [0.4, 0.5) is 28.8 Å². The number of carbonyl (C=O) groups is 6. The Hall–Kier alpha value is -5.95. The number of nitrogens with one attached hydrogen (secondary N) is 4. The van der Waals surface area contributed by atoms with E-state index in [2.05, 4.69) is 25.9 Å². The topological polar surface area (TPSA) is 249 Å². The van der Waals surface area contributed by atoms with E-state index in [0.717, 1.165) is 29.7 Å². The van der Waals surface area contributed by atoms with Crippen LogP contribution in [0, 0.1) is 5.41 Å². The maximum absolute atomic E-state index is 14.1. The summed E-state index contributed by atoms with van der Waals surface area (Å²) in [5.41, 5.74) is -3.86. The third-order valence-corrected chi connectivity index (χ3v) is 8.31. The molecule has 0 saturated heterocycles. The van der Waals surface area contributed by atoms with Gasteiger partial charge in [0.15, 0.2) is 0 Å². The zero-order valence-corrected chi connectivity index (χ0v) is 45.3. The second-order valence-electron chi connectivity index (χ2n) is 22.6. The van der Waals surface area contributed by atoms with Gasteiger partial charge in [-0.2, -0.15) is 0 Å². The lowest BCUT2D eigenvalue weighted by molar-refractivity contribution is 0.0269. The monoisotopic (exact) mass is 989 g/mol. The molecule has 0 saturated carbocycles. The fraction of sp³-hybridized carbons (Fsp3) is 0.700. The highest BCUT2D eigenvalue weighted by molar-refractivity contribution is 6.06. The van der Waals surface area contributed by atoms with E-state index in [9.17, 15) is 28.8 Å². The Bertz CT molecular complexity index is 1940. The molecule has 0 atom stereocenters. The van der Waals surface area contributed by atoms with Crippen molar-refractivity contribution >= 4 is 54.3 Å². The lowest BCUT2D eigenvalue weighted by Gasteiger charge is -2.34. The number of benzene rings is 1. The fourth-order valence-corrected chi connectivity index (χ4v) is 5.76. The number of hydrogen-bond donors (Lipinski definition) is 4. The first-order chi connectivity index (χ1) is 31.8. The molecule has 396 valence electrons. The van der Waals surface area contributed by atoms with Crippen LogP contribution in [0.15, 0.2) is 34.3 Å². The van der Waals surface area contributed by atoms with Crippen LogP contribution in [0.25, 0.3) is 0 Å². The predicted molar refractivity (Wildman–Crippen MR) is 269 cm³/mol. The van der Waals surface area contributed by atoms with Crippen LogP contribution in [0.1, 0.15) is 181 Å². The van der Waals surface area contributed by atoms with Gasteiger partial charge in [0.2, 0.25) is 11.9 Å². The minimum absolute atomic E-state index is 0.0148. The summed E-state index contributed by atoms with van der Waals surface area (Å²) in [6.45, 7) is 30.9. The highest BCUT2D eigenvalue weighted by Gasteiger charge is 2.35. The van der Waals surface area contributed by atoms with Crippen molar-refractivity contribution in [2.45, 2.75) is 210 Å². The molecule has 0 aliphatic rings. The average molecular weight is 989 g/mol. The molecule has 0 fully saturated rings. The normalized spacial score (nSPS) is 12.4. The molecule has 0 heterocycles. The Labute approximate surface area is 416 Å². The summed E-state index contributed by atoms with van der Waals surface area (Å²) in [4.78, 5) is 89.9. The number of amides is 6. The predicted octanol–water partition coefficient (Wildman–Crippen LogP) is 11.0. The summed E-state index contributed by atoms with van der Waals surface area (Å²) in [6.07, 6.45) is -0.327. The van der Waals surface area contributed by atoms with E-state index in [0.29, 0.717) is 37.7 Å². The van der Waals surface area contributed by atoms with Crippen LogP contribution < -0.4 is 16.0 Å². The van der Waals surface area contributed by atoms with E-state index in [1.807, 2.05) is 0 Å². The van der Waals surface area contributed by atoms with Gasteiger partial charge in [0.1, 0.15) is 39.4 Å². The Morgan fingerprint density at radius 2 is 0.857 bits per heavy atom. The minimum Gasteiger partial charge on any atom is -0.444 e. The van der Waals surface area contributed by atoms with Gasteiger partial charge in [-0.3, -0.25) is 26.4 Å². The van der Waals surface area contributed by atoms with Gasteiger partial charge in [0.05, 0.1) is 0 Å². The Balaban J connectivity index is 3.36. The Morgan fingerprint density at radius 3 is 1.27 bits per heavy atom. The maximum Gasteiger partial charge on any atom is 0.437 e. The molecule has 0 aliphatic heterocycles. The standard InChI is InChI=1S/C50H84N8O12/c1-45(2,3)65-39(59)53-36(51)35-29-27-34(28-30-35)26-25-33-58(44(64)70-50(16,17)18)38(56-42(62)68-48(10,11)12)57(43(63)69-49(13,14)15)32-24-22-20-19-21-23-31-52-37(54-40(60)66-46(4,5)6)55-41(61)67-47(7,8)9/h27-30H,19-26,31-33H2,1-18H3,(H2,51,53,59)(H2,52,54,55,60,61). The Morgan fingerprint density at radius 1 is 0.486 bits per heavy atom. The van der Waals surface area contributed by atoms with Crippen molar-refractivity contribution in [3.05, 3.63) is 35.4 Å². The van der Waals surface area contributed by atoms with Gasteiger partial charge in [-0.05, 0) is 156 Å². The molecule has 20 heteroatoms. The highest BCUT2D eigenvalue weighted by atomic mass is 16.6. The van der Waals surface area contributed by atoms with Crippen LogP contribution in [0.3, 0.4) is 0 Å². The first-order valence-corrected chi connectivity index (χ1v) is 23.9. The number of guanidine groups is 2. The largest absolute Gasteiger partial charge is 0.444 e. The van der Waals surface area contributed by atoms with Crippen molar-refractivity contribution in [1.82, 2.24) is 25.8 Å². The maximum atomic E-state index is 14.1. The average Bonchev–Trinajstić information content (AvgIpc) is 3.12. The molecule has 0 radical (unpaired) electrons. The van der Waals surface area contributed by atoms with Gasteiger partial charge in [0, 0.05) is 25.2 Å².